The third-order valence-corrected chi connectivity index (χ3v) is 2.65. The van der Waals surface area contributed by atoms with Crippen LogP contribution in [0.4, 0.5) is 0 Å². The van der Waals surface area contributed by atoms with E-state index < -0.39 is 0 Å². The molecule has 0 atom stereocenters. The van der Waals surface area contributed by atoms with Gasteiger partial charge in [-0.05, 0) is 33.8 Å². The number of ether oxygens (including phenoxy) is 1. The van der Waals surface area contributed by atoms with E-state index in [-0.39, 0.29) is 5.54 Å². The summed E-state index contributed by atoms with van der Waals surface area (Å²) < 4.78 is 7.38. The lowest BCUT2D eigenvalue weighted by Gasteiger charge is -2.19. The van der Waals surface area contributed by atoms with Crippen molar-refractivity contribution in [3.63, 3.8) is 0 Å². The smallest absolute Gasteiger partial charge is 0.239 e. The van der Waals surface area contributed by atoms with Crippen LogP contribution in [0.5, 0.6) is 11.6 Å². The normalized spacial score (nSPS) is 11.6. The van der Waals surface area contributed by atoms with Crippen LogP contribution in [0.15, 0.2) is 24.5 Å². The van der Waals surface area contributed by atoms with Crippen LogP contribution in [-0.4, -0.2) is 25.5 Å². The summed E-state index contributed by atoms with van der Waals surface area (Å²) in [6.45, 7) is 9.86. The first-order chi connectivity index (χ1) is 9.46. The molecule has 0 aliphatic rings. The summed E-state index contributed by atoms with van der Waals surface area (Å²) >= 11 is 0. The molecule has 0 aromatic carbocycles. The van der Waals surface area contributed by atoms with Gasteiger partial charge in [-0.2, -0.15) is 10.2 Å². The molecule has 0 amide bonds. The maximum Gasteiger partial charge on any atom is 0.239 e. The van der Waals surface area contributed by atoms with Gasteiger partial charge in [0.1, 0.15) is 0 Å². The van der Waals surface area contributed by atoms with Crippen molar-refractivity contribution in [2.75, 3.05) is 0 Å². The van der Waals surface area contributed by atoms with Gasteiger partial charge in [0, 0.05) is 24.7 Å². The Kier molecular flexibility index (Phi) is 4.34. The fraction of sp³-hybridized carbons (Fsp3) is 0.500. The van der Waals surface area contributed by atoms with Crippen molar-refractivity contribution in [3.8, 4) is 11.6 Å². The summed E-state index contributed by atoms with van der Waals surface area (Å²) in [5.41, 5.74) is 0.947. The van der Waals surface area contributed by atoms with Crippen LogP contribution in [0.3, 0.4) is 0 Å². The molecular weight excluding hydrogens is 254 g/mol. The summed E-state index contributed by atoms with van der Waals surface area (Å²) in [6.07, 6.45) is 3.50. The van der Waals surface area contributed by atoms with Crippen molar-refractivity contribution >= 4 is 0 Å². The Balaban J connectivity index is 1.94. The van der Waals surface area contributed by atoms with Gasteiger partial charge >= 0.3 is 0 Å². The maximum atomic E-state index is 5.58. The van der Waals surface area contributed by atoms with Crippen LogP contribution in [0, 0.1) is 0 Å². The molecule has 0 spiro atoms. The minimum atomic E-state index is 0.0611. The molecule has 0 saturated carbocycles. The molecule has 0 saturated heterocycles. The molecule has 0 aliphatic heterocycles. The van der Waals surface area contributed by atoms with Crippen molar-refractivity contribution in [1.82, 2.24) is 25.3 Å². The topological polar surface area (TPSA) is 64.9 Å². The molecule has 6 heteroatoms. The van der Waals surface area contributed by atoms with Gasteiger partial charge in [-0.3, -0.25) is 4.68 Å². The second-order valence-corrected chi connectivity index (χ2v) is 5.60. The van der Waals surface area contributed by atoms with Crippen molar-refractivity contribution in [2.24, 2.45) is 0 Å². The van der Waals surface area contributed by atoms with Gasteiger partial charge in [-0.15, -0.1) is 5.10 Å². The first-order valence-corrected chi connectivity index (χ1v) is 6.74. The van der Waals surface area contributed by atoms with Gasteiger partial charge in [0.25, 0.3) is 0 Å². The molecule has 108 valence electrons. The van der Waals surface area contributed by atoms with Gasteiger partial charge < -0.3 is 10.1 Å². The lowest BCUT2D eigenvalue weighted by molar-refractivity contribution is 0.416. The van der Waals surface area contributed by atoms with Gasteiger partial charge in [0.05, 0.1) is 18.1 Å². The van der Waals surface area contributed by atoms with E-state index in [1.165, 1.54) is 0 Å². The second kappa shape index (κ2) is 6.00. The lowest BCUT2D eigenvalue weighted by atomic mass is 10.1. The van der Waals surface area contributed by atoms with E-state index in [1.807, 2.05) is 25.3 Å². The zero-order chi connectivity index (χ0) is 14.6. The highest BCUT2D eigenvalue weighted by atomic mass is 16.5. The predicted molar refractivity (Wildman–Crippen MR) is 76.6 cm³/mol. The minimum Gasteiger partial charge on any atom is -0.434 e. The fourth-order valence-electron chi connectivity index (χ4n) is 1.54. The third kappa shape index (κ3) is 4.31. The summed E-state index contributed by atoms with van der Waals surface area (Å²) in [6, 6.07) is 3.72. The molecule has 1 N–H and O–H groups in total. The molecule has 0 bridgehead atoms. The van der Waals surface area contributed by atoms with Gasteiger partial charge in [0.15, 0.2) is 5.75 Å². The van der Waals surface area contributed by atoms with Crippen molar-refractivity contribution < 1.29 is 4.74 Å². The van der Waals surface area contributed by atoms with Crippen LogP contribution >= 0.6 is 0 Å². The van der Waals surface area contributed by atoms with Crippen molar-refractivity contribution in [2.45, 2.75) is 46.3 Å². The third-order valence-electron chi connectivity index (χ3n) is 2.65. The Bertz CT molecular complexity index is 541. The molecule has 6 nitrogen and oxygen atoms in total. The van der Waals surface area contributed by atoms with E-state index in [0.29, 0.717) is 18.2 Å². The minimum absolute atomic E-state index is 0.0611. The Morgan fingerprint density at radius 1 is 1.25 bits per heavy atom. The molecule has 2 aromatic rings. The number of nitrogens with one attached hydrogen (secondary N) is 1. The summed E-state index contributed by atoms with van der Waals surface area (Å²) in [5.74, 6) is 1.14. The fourth-order valence-corrected chi connectivity index (χ4v) is 1.54. The number of aromatic nitrogens is 4. The standard InChI is InChI=1S/C14H21N5O/c1-5-19-10-12(9-16-19)20-13-7-6-11(17-18-13)8-15-14(2,3)4/h6-7,9-10,15H,5,8H2,1-4H3. The SMILES string of the molecule is CCn1cc(Oc2ccc(CNC(C)(C)C)nn2)cn1. The highest BCUT2D eigenvalue weighted by Gasteiger charge is 2.09. The molecule has 0 aliphatic carbocycles. The quantitative estimate of drug-likeness (QED) is 0.907. The van der Waals surface area contributed by atoms with Crippen LogP contribution < -0.4 is 10.1 Å². The van der Waals surface area contributed by atoms with E-state index >= 15 is 0 Å². The average molecular weight is 275 g/mol. The summed E-state index contributed by atoms with van der Waals surface area (Å²) in [5, 5.41) is 15.7. The Hall–Kier alpha value is -1.95. The van der Waals surface area contributed by atoms with E-state index in [0.717, 1.165) is 12.2 Å². The molecule has 0 unspecified atom stereocenters. The van der Waals surface area contributed by atoms with Crippen molar-refractivity contribution in [1.29, 1.82) is 0 Å². The Morgan fingerprint density at radius 3 is 2.60 bits per heavy atom. The highest BCUT2D eigenvalue weighted by molar-refractivity contribution is 5.21. The molecule has 0 radical (unpaired) electrons. The van der Waals surface area contributed by atoms with E-state index in [2.05, 4.69) is 41.4 Å². The first kappa shape index (κ1) is 14.5. The van der Waals surface area contributed by atoms with Crippen LogP contribution in [0.25, 0.3) is 0 Å². The van der Waals surface area contributed by atoms with Crippen LogP contribution in [-0.2, 0) is 13.1 Å². The van der Waals surface area contributed by atoms with E-state index in [4.69, 9.17) is 4.74 Å². The Morgan fingerprint density at radius 2 is 2.05 bits per heavy atom. The van der Waals surface area contributed by atoms with Crippen LogP contribution in [0.2, 0.25) is 0 Å². The van der Waals surface area contributed by atoms with E-state index in [9.17, 15) is 0 Å². The van der Waals surface area contributed by atoms with Crippen molar-refractivity contribution in [3.05, 3.63) is 30.2 Å². The highest BCUT2D eigenvalue weighted by Crippen LogP contribution is 2.17. The average Bonchev–Trinajstić information content (AvgIpc) is 2.85. The molecule has 2 aromatic heterocycles. The monoisotopic (exact) mass is 275 g/mol. The number of aryl methyl sites for hydroxylation is 1. The Labute approximate surface area is 119 Å². The maximum absolute atomic E-state index is 5.58. The van der Waals surface area contributed by atoms with Crippen LogP contribution in [0.1, 0.15) is 33.4 Å². The molecule has 20 heavy (non-hydrogen) atoms. The van der Waals surface area contributed by atoms with E-state index in [1.54, 1.807) is 10.9 Å². The zero-order valence-corrected chi connectivity index (χ0v) is 12.4. The van der Waals surface area contributed by atoms with Gasteiger partial charge in [-0.25, -0.2) is 0 Å². The second-order valence-electron chi connectivity index (χ2n) is 5.60. The molecule has 0 fully saturated rings. The van der Waals surface area contributed by atoms with Gasteiger partial charge in [-0.1, -0.05) is 0 Å². The largest absolute Gasteiger partial charge is 0.434 e. The number of hydrogen-bond donors (Lipinski definition) is 1. The molecular formula is C14H21N5O. The molecule has 2 heterocycles. The summed E-state index contributed by atoms with van der Waals surface area (Å²) in [7, 11) is 0. The lowest BCUT2D eigenvalue weighted by Crippen LogP contribution is -2.35. The number of nitrogens with zero attached hydrogens (tertiary/aromatic N) is 4. The zero-order valence-electron chi connectivity index (χ0n) is 12.4. The van der Waals surface area contributed by atoms with Gasteiger partial charge in [0.2, 0.25) is 5.88 Å². The number of rotatable bonds is 5. The number of hydrogen-bond acceptors (Lipinski definition) is 5. The summed E-state index contributed by atoms with van der Waals surface area (Å²) in [4.78, 5) is 0. The predicted octanol–water partition coefficient (Wildman–Crippen LogP) is 2.37. The first-order valence-electron chi connectivity index (χ1n) is 6.74. The molecule has 2 rings (SSSR count).